The number of rotatable bonds is 3. The molecule has 22 heavy (non-hydrogen) atoms. The molecule has 3 aromatic rings. The van der Waals surface area contributed by atoms with Crippen molar-refractivity contribution in [3.8, 4) is 11.1 Å². The average molecular weight is 294 g/mol. The summed E-state index contributed by atoms with van der Waals surface area (Å²) in [5, 5.41) is 1.99. The molecule has 0 amide bonds. The van der Waals surface area contributed by atoms with Crippen LogP contribution in [0, 0.1) is 5.82 Å². The Hall–Kier alpha value is -2.68. The van der Waals surface area contributed by atoms with Crippen LogP contribution < -0.4 is 0 Å². The van der Waals surface area contributed by atoms with E-state index in [1.54, 1.807) is 19.1 Å². The van der Waals surface area contributed by atoms with Gasteiger partial charge in [-0.3, -0.25) is 0 Å². The van der Waals surface area contributed by atoms with Gasteiger partial charge in [0.25, 0.3) is 0 Å². The molecule has 0 heterocycles. The minimum Gasteiger partial charge on any atom is -0.462 e. The number of esters is 1. The molecular formula is C19H15FO2. The van der Waals surface area contributed by atoms with Gasteiger partial charge in [0.1, 0.15) is 5.82 Å². The molecule has 0 spiro atoms. The van der Waals surface area contributed by atoms with E-state index in [1.807, 2.05) is 36.4 Å². The lowest BCUT2D eigenvalue weighted by atomic mass is 9.95. The molecular weight excluding hydrogens is 279 g/mol. The molecule has 0 aliphatic heterocycles. The van der Waals surface area contributed by atoms with Crippen molar-refractivity contribution in [2.75, 3.05) is 6.61 Å². The van der Waals surface area contributed by atoms with Crippen LogP contribution in [0.3, 0.4) is 0 Å². The second-order valence-electron chi connectivity index (χ2n) is 4.97. The zero-order chi connectivity index (χ0) is 15.5. The van der Waals surface area contributed by atoms with Crippen LogP contribution in [0.25, 0.3) is 21.9 Å². The first kappa shape index (κ1) is 14.3. The molecule has 0 bridgehead atoms. The van der Waals surface area contributed by atoms with Crippen molar-refractivity contribution >= 4 is 16.7 Å². The Morgan fingerprint density at radius 1 is 1.00 bits per heavy atom. The summed E-state index contributed by atoms with van der Waals surface area (Å²) in [7, 11) is 0. The first-order chi connectivity index (χ1) is 10.7. The molecule has 0 aliphatic rings. The highest BCUT2D eigenvalue weighted by Crippen LogP contribution is 2.29. The highest BCUT2D eigenvalue weighted by Gasteiger charge is 2.15. The number of hydrogen-bond acceptors (Lipinski definition) is 2. The fourth-order valence-electron chi connectivity index (χ4n) is 2.49. The molecule has 0 saturated heterocycles. The summed E-state index contributed by atoms with van der Waals surface area (Å²) in [6.07, 6.45) is 0. The highest BCUT2D eigenvalue weighted by molar-refractivity contribution is 6.03. The summed E-state index contributed by atoms with van der Waals surface area (Å²) in [5.74, 6) is -0.671. The number of halogens is 1. The fourth-order valence-corrected chi connectivity index (χ4v) is 2.49. The topological polar surface area (TPSA) is 26.3 Å². The van der Waals surface area contributed by atoms with Crippen LogP contribution in [-0.4, -0.2) is 12.6 Å². The van der Waals surface area contributed by atoms with Crippen LogP contribution in [0.4, 0.5) is 4.39 Å². The number of carbonyl (C=O) groups is 1. The summed E-state index contributed by atoms with van der Waals surface area (Å²) in [6.45, 7) is 2.09. The van der Waals surface area contributed by atoms with Crippen molar-refractivity contribution in [3.05, 3.63) is 72.0 Å². The van der Waals surface area contributed by atoms with Gasteiger partial charge in [-0.15, -0.1) is 0 Å². The van der Waals surface area contributed by atoms with E-state index in [2.05, 4.69) is 0 Å². The maximum Gasteiger partial charge on any atom is 0.338 e. The van der Waals surface area contributed by atoms with Crippen LogP contribution in [0.2, 0.25) is 0 Å². The molecule has 0 fully saturated rings. The second-order valence-corrected chi connectivity index (χ2v) is 4.97. The molecule has 3 rings (SSSR count). The molecule has 2 nitrogen and oxygen atoms in total. The molecule has 3 aromatic carbocycles. The first-order valence-corrected chi connectivity index (χ1v) is 7.15. The summed E-state index contributed by atoms with van der Waals surface area (Å²) >= 11 is 0. The lowest BCUT2D eigenvalue weighted by Crippen LogP contribution is -2.06. The Morgan fingerprint density at radius 2 is 1.64 bits per heavy atom. The van der Waals surface area contributed by atoms with E-state index >= 15 is 0 Å². The lowest BCUT2D eigenvalue weighted by molar-refractivity contribution is 0.0527. The minimum absolute atomic E-state index is 0.303. The van der Waals surface area contributed by atoms with Crippen molar-refractivity contribution in [1.82, 2.24) is 0 Å². The van der Waals surface area contributed by atoms with E-state index < -0.39 is 0 Å². The van der Waals surface area contributed by atoms with Crippen molar-refractivity contribution in [2.24, 2.45) is 0 Å². The Bertz CT molecular complexity index is 822. The van der Waals surface area contributed by atoms with E-state index in [-0.39, 0.29) is 11.8 Å². The minimum atomic E-state index is -0.368. The maximum absolute atomic E-state index is 13.1. The van der Waals surface area contributed by atoms with Gasteiger partial charge in [-0.05, 0) is 53.1 Å². The first-order valence-electron chi connectivity index (χ1n) is 7.15. The van der Waals surface area contributed by atoms with E-state index in [0.29, 0.717) is 12.2 Å². The lowest BCUT2D eigenvalue weighted by Gasteiger charge is -2.11. The Balaban J connectivity index is 2.22. The Morgan fingerprint density at radius 3 is 2.27 bits per heavy atom. The monoisotopic (exact) mass is 294 g/mol. The third-order valence-corrected chi connectivity index (χ3v) is 3.54. The average Bonchev–Trinajstić information content (AvgIpc) is 2.54. The summed E-state index contributed by atoms with van der Waals surface area (Å²) in [5.41, 5.74) is 2.03. The quantitative estimate of drug-likeness (QED) is 0.647. The predicted octanol–water partition coefficient (Wildman–Crippen LogP) is 4.82. The van der Waals surface area contributed by atoms with Gasteiger partial charge in [0.15, 0.2) is 0 Å². The van der Waals surface area contributed by atoms with Gasteiger partial charge >= 0.3 is 5.97 Å². The van der Waals surface area contributed by atoms with Gasteiger partial charge in [-0.2, -0.15) is 0 Å². The number of ether oxygens (including phenoxy) is 1. The summed E-state index contributed by atoms with van der Waals surface area (Å²) in [4.78, 5) is 12.3. The van der Waals surface area contributed by atoms with Crippen molar-refractivity contribution in [2.45, 2.75) is 6.92 Å². The zero-order valence-corrected chi connectivity index (χ0v) is 12.2. The molecule has 0 radical (unpaired) electrons. The number of fused-ring (bicyclic) bond motifs is 1. The predicted molar refractivity (Wildman–Crippen MR) is 85.3 cm³/mol. The van der Waals surface area contributed by atoms with E-state index in [4.69, 9.17) is 4.74 Å². The molecule has 0 aliphatic carbocycles. The Kier molecular flexibility index (Phi) is 3.88. The van der Waals surface area contributed by atoms with Crippen LogP contribution in [0.5, 0.6) is 0 Å². The van der Waals surface area contributed by atoms with E-state index in [9.17, 15) is 9.18 Å². The summed E-state index contributed by atoms with van der Waals surface area (Å²) < 4.78 is 18.3. The van der Waals surface area contributed by atoms with Crippen molar-refractivity contribution in [3.63, 3.8) is 0 Å². The van der Waals surface area contributed by atoms with Crippen molar-refractivity contribution < 1.29 is 13.9 Å². The molecule has 0 unspecified atom stereocenters. The van der Waals surface area contributed by atoms with E-state index in [0.717, 1.165) is 21.9 Å². The normalized spacial score (nSPS) is 10.6. The van der Waals surface area contributed by atoms with Gasteiger partial charge < -0.3 is 4.74 Å². The number of carbonyl (C=O) groups excluding carboxylic acids is 1. The van der Waals surface area contributed by atoms with Crippen LogP contribution in [0.1, 0.15) is 17.3 Å². The molecule has 0 saturated carbocycles. The zero-order valence-electron chi connectivity index (χ0n) is 12.2. The Labute approximate surface area is 128 Å². The van der Waals surface area contributed by atoms with Gasteiger partial charge in [-0.1, -0.05) is 36.4 Å². The standard InChI is InChI=1S/C19H15FO2/c1-2-22-19(21)18-12-15-6-4-3-5-14(15)11-17(18)13-7-9-16(20)10-8-13/h3-12H,2H2,1H3. The van der Waals surface area contributed by atoms with Gasteiger partial charge in [0, 0.05) is 0 Å². The third-order valence-electron chi connectivity index (χ3n) is 3.54. The highest BCUT2D eigenvalue weighted by atomic mass is 19.1. The van der Waals surface area contributed by atoms with Gasteiger partial charge in [0.2, 0.25) is 0 Å². The summed E-state index contributed by atoms with van der Waals surface area (Å²) in [6, 6.07) is 17.7. The SMILES string of the molecule is CCOC(=O)c1cc2ccccc2cc1-c1ccc(F)cc1. The molecule has 0 aromatic heterocycles. The second kappa shape index (κ2) is 5.98. The molecule has 0 atom stereocenters. The van der Waals surface area contributed by atoms with Gasteiger partial charge in [0.05, 0.1) is 12.2 Å². The fraction of sp³-hybridized carbons (Fsp3) is 0.105. The molecule has 3 heteroatoms. The maximum atomic E-state index is 13.1. The third kappa shape index (κ3) is 2.70. The molecule has 0 N–H and O–H groups in total. The number of hydrogen-bond donors (Lipinski definition) is 0. The number of benzene rings is 3. The largest absolute Gasteiger partial charge is 0.462 e. The van der Waals surface area contributed by atoms with Crippen LogP contribution in [0.15, 0.2) is 60.7 Å². The van der Waals surface area contributed by atoms with Crippen LogP contribution >= 0.6 is 0 Å². The van der Waals surface area contributed by atoms with Crippen molar-refractivity contribution in [1.29, 1.82) is 0 Å². The van der Waals surface area contributed by atoms with Crippen LogP contribution in [-0.2, 0) is 4.74 Å². The van der Waals surface area contributed by atoms with Gasteiger partial charge in [-0.25, -0.2) is 9.18 Å². The smallest absolute Gasteiger partial charge is 0.338 e. The molecule has 110 valence electrons. The van der Waals surface area contributed by atoms with E-state index in [1.165, 1.54) is 12.1 Å².